The lowest BCUT2D eigenvalue weighted by atomic mass is 10.1. The van der Waals surface area contributed by atoms with Gasteiger partial charge in [-0.15, -0.1) is 0 Å². The standard InChI is InChI=1S/C18H22BrClF2N2O4/c1-18(2,3)28-17(27)23-5-6-24(10(9-23)4-7-25)16(26)11-8-12(20)13(19)15(22)14(11)21/h8,10,25H,4-7,9H2,1-3H3/t10-/m0/s1. The van der Waals surface area contributed by atoms with Crippen molar-refractivity contribution in [3.63, 3.8) is 0 Å². The zero-order valence-corrected chi connectivity index (χ0v) is 18.1. The number of rotatable bonds is 3. The van der Waals surface area contributed by atoms with E-state index < -0.39 is 40.8 Å². The highest BCUT2D eigenvalue weighted by molar-refractivity contribution is 9.10. The highest BCUT2D eigenvalue weighted by atomic mass is 79.9. The molecule has 0 aromatic heterocycles. The molecular weight excluding hydrogens is 462 g/mol. The molecular formula is C18H22BrClF2N2O4. The first kappa shape index (κ1) is 22.8. The van der Waals surface area contributed by atoms with Crippen LogP contribution in [-0.2, 0) is 4.74 Å². The number of carbonyl (C=O) groups excluding carboxylic acids is 2. The third-order valence-corrected chi connectivity index (χ3v) is 5.49. The zero-order chi connectivity index (χ0) is 21.2. The molecule has 0 unspecified atom stereocenters. The summed E-state index contributed by atoms with van der Waals surface area (Å²) in [6.45, 7) is 5.33. The number of hydrogen-bond acceptors (Lipinski definition) is 4. The minimum Gasteiger partial charge on any atom is -0.444 e. The first-order valence-corrected chi connectivity index (χ1v) is 9.86. The van der Waals surface area contributed by atoms with E-state index in [0.717, 1.165) is 6.07 Å². The number of benzene rings is 1. The van der Waals surface area contributed by atoms with E-state index in [1.54, 1.807) is 20.8 Å². The molecule has 1 fully saturated rings. The molecule has 10 heteroatoms. The summed E-state index contributed by atoms with van der Waals surface area (Å²) in [5, 5.41) is 9.21. The van der Waals surface area contributed by atoms with E-state index in [4.69, 9.17) is 16.3 Å². The summed E-state index contributed by atoms with van der Waals surface area (Å²) in [5.74, 6) is -3.31. The van der Waals surface area contributed by atoms with Crippen molar-refractivity contribution in [1.82, 2.24) is 9.80 Å². The van der Waals surface area contributed by atoms with E-state index in [9.17, 15) is 23.5 Å². The van der Waals surface area contributed by atoms with Crippen LogP contribution in [0.2, 0.25) is 5.02 Å². The number of aliphatic hydroxyl groups excluding tert-OH is 1. The van der Waals surface area contributed by atoms with Crippen LogP contribution in [0, 0.1) is 11.6 Å². The van der Waals surface area contributed by atoms with Crippen molar-refractivity contribution in [3.05, 3.63) is 32.8 Å². The monoisotopic (exact) mass is 482 g/mol. The molecule has 1 N–H and O–H groups in total. The number of nitrogens with zero attached hydrogens (tertiary/aromatic N) is 2. The Balaban J connectivity index is 2.24. The van der Waals surface area contributed by atoms with E-state index in [1.807, 2.05) is 0 Å². The highest BCUT2D eigenvalue weighted by Gasteiger charge is 2.36. The van der Waals surface area contributed by atoms with Crippen molar-refractivity contribution in [1.29, 1.82) is 0 Å². The van der Waals surface area contributed by atoms with Gasteiger partial charge in [0, 0.05) is 26.2 Å². The molecule has 6 nitrogen and oxygen atoms in total. The zero-order valence-electron chi connectivity index (χ0n) is 15.8. The van der Waals surface area contributed by atoms with Crippen LogP contribution >= 0.6 is 27.5 Å². The van der Waals surface area contributed by atoms with Gasteiger partial charge in [0.1, 0.15) is 5.60 Å². The van der Waals surface area contributed by atoms with Gasteiger partial charge in [-0.1, -0.05) is 11.6 Å². The lowest BCUT2D eigenvalue weighted by Crippen LogP contribution is -2.57. The summed E-state index contributed by atoms with van der Waals surface area (Å²) in [5.41, 5.74) is -1.18. The van der Waals surface area contributed by atoms with Crippen LogP contribution in [0.3, 0.4) is 0 Å². The van der Waals surface area contributed by atoms with Gasteiger partial charge in [0.15, 0.2) is 11.6 Å². The second-order valence-electron chi connectivity index (χ2n) is 7.44. The summed E-state index contributed by atoms with van der Waals surface area (Å²) < 4.78 is 33.3. The number of halogens is 4. The fraction of sp³-hybridized carbons (Fsp3) is 0.556. The van der Waals surface area contributed by atoms with Gasteiger partial charge in [-0.3, -0.25) is 4.79 Å². The Bertz CT molecular complexity index is 773. The maximum Gasteiger partial charge on any atom is 0.410 e. The number of hydrogen-bond donors (Lipinski definition) is 1. The Hall–Kier alpha value is -1.45. The molecule has 1 aromatic carbocycles. The largest absolute Gasteiger partial charge is 0.444 e. The molecule has 1 aliphatic rings. The average Bonchev–Trinajstić information content (AvgIpc) is 2.61. The normalized spacial score (nSPS) is 17.6. The van der Waals surface area contributed by atoms with Crippen molar-refractivity contribution >= 4 is 39.5 Å². The maximum absolute atomic E-state index is 14.3. The van der Waals surface area contributed by atoms with Crippen molar-refractivity contribution < 1.29 is 28.2 Å². The first-order valence-electron chi connectivity index (χ1n) is 8.69. The molecule has 2 rings (SSSR count). The summed E-state index contributed by atoms with van der Waals surface area (Å²) in [6, 6.07) is 0.478. The van der Waals surface area contributed by atoms with Crippen LogP contribution in [0.25, 0.3) is 0 Å². The van der Waals surface area contributed by atoms with Crippen LogP contribution in [0.1, 0.15) is 37.6 Å². The second-order valence-corrected chi connectivity index (χ2v) is 8.64. The number of carbonyl (C=O) groups is 2. The van der Waals surface area contributed by atoms with Gasteiger partial charge in [-0.05, 0) is 49.2 Å². The lowest BCUT2D eigenvalue weighted by molar-refractivity contribution is 0.00165. The summed E-state index contributed by atoms with van der Waals surface area (Å²) in [4.78, 5) is 27.9. The van der Waals surface area contributed by atoms with Gasteiger partial charge < -0.3 is 19.6 Å². The molecule has 156 valence electrons. The van der Waals surface area contributed by atoms with Crippen LogP contribution in [-0.4, -0.2) is 64.8 Å². The van der Waals surface area contributed by atoms with Gasteiger partial charge in [0.25, 0.3) is 5.91 Å². The summed E-state index contributed by atoms with van der Waals surface area (Å²) >= 11 is 8.69. The predicted octanol–water partition coefficient (Wildman–Crippen LogP) is 3.82. The van der Waals surface area contributed by atoms with Gasteiger partial charge in [-0.25, -0.2) is 13.6 Å². The molecule has 2 amide bonds. The molecule has 0 saturated carbocycles. The van der Waals surface area contributed by atoms with E-state index in [0.29, 0.717) is 0 Å². The molecule has 1 heterocycles. The van der Waals surface area contributed by atoms with Gasteiger partial charge >= 0.3 is 6.09 Å². The number of amides is 2. The van der Waals surface area contributed by atoms with Crippen LogP contribution < -0.4 is 0 Å². The fourth-order valence-electron chi connectivity index (χ4n) is 2.89. The Labute approximate surface area is 175 Å². The highest BCUT2D eigenvalue weighted by Crippen LogP contribution is 2.31. The predicted molar refractivity (Wildman–Crippen MR) is 103 cm³/mol. The third kappa shape index (κ3) is 5.12. The number of aliphatic hydroxyl groups is 1. The van der Waals surface area contributed by atoms with Crippen molar-refractivity contribution in [2.24, 2.45) is 0 Å². The molecule has 0 spiro atoms. The minimum absolute atomic E-state index is 0.0808. The average molecular weight is 484 g/mol. The second kappa shape index (κ2) is 8.92. The van der Waals surface area contributed by atoms with E-state index >= 15 is 0 Å². The number of piperazine rings is 1. The Kier molecular flexibility index (Phi) is 7.27. The van der Waals surface area contributed by atoms with Crippen molar-refractivity contribution in [2.45, 2.75) is 38.8 Å². The minimum atomic E-state index is -1.31. The molecule has 0 bridgehead atoms. The van der Waals surface area contributed by atoms with Gasteiger partial charge in [0.05, 0.1) is 21.1 Å². The molecule has 0 radical (unpaired) electrons. The smallest absolute Gasteiger partial charge is 0.410 e. The van der Waals surface area contributed by atoms with E-state index in [1.165, 1.54) is 9.80 Å². The summed E-state index contributed by atoms with van der Waals surface area (Å²) in [7, 11) is 0. The number of ether oxygens (including phenoxy) is 1. The van der Waals surface area contributed by atoms with E-state index in [2.05, 4.69) is 15.9 Å². The Morgan fingerprint density at radius 3 is 2.54 bits per heavy atom. The molecule has 0 aliphatic carbocycles. The van der Waals surface area contributed by atoms with E-state index in [-0.39, 0.29) is 42.2 Å². The topological polar surface area (TPSA) is 70.1 Å². The molecule has 1 atom stereocenters. The first-order chi connectivity index (χ1) is 13.0. The molecule has 1 saturated heterocycles. The Morgan fingerprint density at radius 2 is 1.96 bits per heavy atom. The maximum atomic E-state index is 14.3. The summed E-state index contributed by atoms with van der Waals surface area (Å²) in [6.07, 6.45) is -0.370. The van der Waals surface area contributed by atoms with Crippen molar-refractivity contribution in [3.8, 4) is 0 Å². The van der Waals surface area contributed by atoms with Gasteiger partial charge in [0.2, 0.25) is 0 Å². The van der Waals surface area contributed by atoms with Gasteiger partial charge in [-0.2, -0.15) is 0 Å². The third-order valence-electron chi connectivity index (χ3n) is 4.19. The SMILES string of the molecule is CC(C)(C)OC(=O)N1CCN(C(=O)c2cc(Cl)c(Br)c(F)c2F)[C@@H](CCO)C1. The fourth-order valence-corrected chi connectivity index (χ4v) is 3.37. The van der Waals surface area contributed by atoms with Crippen LogP contribution in [0.5, 0.6) is 0 Å². The Morgan fingerprint density at radius 1 is 1.32 bits per heavy atom. The molecule has 1 aromatic rings. The lowest BCUT2D eigenvalue weighted by Gasteiger charge is -2.41. The quantitative estimate of drug-likeness (QED) is 0.524. The van der Waals surface area contributed by atoms with Crippen molar-refractivity contribution in [2.75, 3.05) is 26.2 Å². The molecule has 1 aliphatic heterocycles. The van der Waals surface area contributed by atoms with Crippen LogP contribution in [0.4, 0.5) is 13.6 Å². The molecule has 28 heavy (non-hydrogen) atoms. The van der Waals surface area contributed by atoms with Crippen LogP contribution in [0.15, 0.2) is 10.5 Å².